The van der Waals surface area contributed by atoms with Crippen LogP contribution >= 0.6 is 0 Å². The summed E-state index contributed by atoms with van der Waals surface area (Å²) in [5.41, 5.74) is 4.79. The van der Waals surface area contributed by atoms with Crippen LogP contribution in [0.3, 0.4) is 0 Å². The summed E-state index contributed by atoms with van der Waals surface area (Å²) < 4.78 is 10.7. The van der Waals surface area contributed by atoms with Crippen LogP contribution in [0, 0.1) is 0 Å². The summed E-state index contributed by atoms with van der Waals surface area (Å²) in [4.78, 5) is 0. The van der Waals surface area contributed by atoms with Crippen LogP contribution in [0.25, 0.3) is 0 Å². The van der Waals surface area contributed by atoms with Crippen molar-refractivity contribution < 1.29 is 14.6 Å². The lowest BCUT2D eigenvalue weighted by Crippen LogP contribution is -2.35. The van der Waals surface area contributed by atoms with E-state index in [4.69, 9.17) is 15.2 Å². The van der Waals surface area contributed by atoms with Crippen LogP contribution < -0.4 is 5.73 Å². The van der Waals surface area contributed by atoms with Gasteiger partial charge in [-0.25, -0.2) is 0 Å². The summed E-state index contributed by atoms with van der Waals surface area (Å²) >= 11 is 0. The topological polar surface area (TPSA) is 64.7 Å². The first-order valence-electron chi connectivity index (χ1n) is 6.73. The molecule has 1 aliphatic rings. The van der Waals surface area contributed by atoms with E-state index < -0.39 is 5.60 Å². The minimum Gasteiger partial charge on any atom is -0.387 e. The Labute approximate surface area is 104 Å². The van der Waals surface area contributed by atoms with Gasteiger partial charge in [0.25, 0.3) is 0 Å². The molecular formula is C13H27NO3. The monoisotopic (exact) mass is 245 g/mol. The van der Waals surface area contributed by atoms with E-state index in [1.54, 1.807) is 7.11 Å². The normalized spacial score (nSPS) is 23.8. The second kappa shape index (κ2) is 8.03. The Morgan fingerprint density at radius 2 is 2.18 bits per heavy atom. The van der Waals surface area contributed by atoms with Crippen molar-refractivity contribution in [1.29, 1.82) is 0 Å². The van der Waals surface area contributed by atoms with Crippen molar-refractivity contribution in [3.05, 3.63) is 0 Å². The largest absolute Gasteiger partial charge is 0.387 e. The van der Waals surface area contributed by atoms with Gasteiger partial charge in [0.1, 0.15) is 0 Å². The summed E-state index contributed by atoms with van der Waals surface area (Å²) in [6.07, 6.45) is 7.16. The minimum absolute atomic E-state index is 0.401. The summed E-state index contributed by atoms with van der Waals surface area (Å²) in [6.45, 7) is 1.93. The van der Waals surface area contributed by atoms with Gasteiger partial charge in [-0.1, -0.05) is 0 Å². The van der Waals surface area contributed by atoms with Crippen molar-refractivity contribution in [3.8, 4) is 0 Å². The number of aliphatic hydroxyl groups is 1. The predicted molar refractivity (Wildman–Crippen MR) is 67.9 cm³/mol. The van der Waals surface area contributed by atoms with E-state index >= 15 is 0 Å². The molecule has 1 saturated heterocycles. The highest BCUT2D eigenvalue weighted by Crippen LogP contribution is 2.24. The Hall–Kier alpha value is -0.160. The fraction of sp³-hybridized carbons (Fsp3) is 1.00. The number of methoxy groups -OCH3 is 1. The minimum atomic E-state index is -0.702. The lowest BCUT2D eigenvalue weighted by atomic mass is 9.91. The molecular weight excluding hydrogens is 218 g/mol. The zero-order valence-corrected chi connectivity index (χ0v) is 11.0. The van der Waals surface area contributed by atoms with E-state index in [1.165, 1.54) is 12.8 Å². The molecule has 0 amide bonds. The van der Waals surface area contributed by atoms with Gasteiger partial charge in [-0.3, -0.25) is 0 Å². The first-order chi connectivity index (χ1) is 8.20. The highest BCUT2D eigenvalue weighted by atomic mass is 16.5. The van der Waals surface area contributed by atoms with Gasteiger partial charge in [0.05, 0.1) is 18.3 Å². The average molecular weight is 245 g/mol. The molecule has 0 aromatic heterocycles. The van der Waals surface area contributed by atoms with Gasteiger partial charge in [-0.15, -0.1) is 0 Å². The zero-order valence-electron chi connectivity index (χ0n) is 11.0. The van der Waals surface area contributed by atoms with Crippen molar-refractivity contribution >= 4 is 0 Å². The summed E-state index contributed by atoms with van der Waals surface area (Å²) in [6, 6.07) is 0. The number of hydrogen-bond donors (Lipinski definition) is 2. The maximum absolute atomic E-state index is 10.4. The standard InChI is InChI=1S/C13H27NO3/c1-16-11-13(15,8-4-9-14)7-2-5-12-6-3-10-17-12/h12,15H,2-11,14H2,1H3. The van der Waals surface area contributed by atoms with Gasteiger partial charge in [0.15, 0.2) is 0 Å². The first kappa shape index (κ1) is 14.9. The third-order valence-corrected chi connectivity index (χ3v) is 3.45. The molecule has 1 aliphatic heterocycles. The van der Waals surface area contributed by atoms with Gasteiger partial charge in [-0.2, -0.15) is 0 Å². The lowest BCUT2D eigenvalue weighted by molar-refractivity contribution is -0.0471. The molecule has 3 N–H and O–H groups in total. The van der Waals surface area contributed by atoms with Crippen molar-refractivity contribution in [2.45, 2.75) is 56.7 Å². The van der Waals surface area contributed by atoms with Crippen LogP contribution in [-0.2, 0) is 9.47 Å². The SMILES string of the molecule is COCC(O)(CCCN)CCCC1CCCO1. The molecule has 4 heteroatoms. The van der Waals surface area contributed by atoms with E-state index in [9.17, 15) is 5.11 Å². The Morgan fingerprint density at radius 3 is 2.76 bits per heavy atom. The fourth-order valence-corrected chi connectivity index (χ4v) is 2.50. The fourth-order valence-electron chi connectivity index (χ4n) is 2.50. The molecule has 2 atom stereocenters. The zero-order chi connectivity index (χ0) is 12.6. The number of rotatable bonds is 9. The molecule has 102 valence electrons. The molecule has 0 spiro atoms. The van der Waals surface area contributed by atoms with E-state index in [0.29, 0.717) is 19.3 Å². The smallest absolute Gasteiger partial charge is 0.0880 e. The molecule has 17 heavy (non-hydrogen) atoms. The van der Waals surface area contributed by atoms with Gasteiger partial charge in [0.2, 0.25) is 0 Å². The van der Waals surface area contributed by atoms with Gasteiger partial charge < -0.3 is 20.3 Å². The van der Waals surface area contributed by atoms with Crippen LogP contribution in [0.1, 0.15) is 44.9 Å². The Balaban J connectivity index is 2.21. The van der Waals surface area contributed by atoms with Crippen LogP contribution in [0.5, 0.6) is 0 Å². The number of hydrogen-bond acceptors (Lipinski definition) is 4. The molecule has 1 heterocycles. The van der Waals surface area contributed by atoms with E-state index in [0.717, 1.165) is 38.7 Å². The maximum atomic E-state index is 10.4. The van der Waals surface area contributed by atoms with Crippen molar-refractivity contribution in [3.63, 3.8) is 0 Å². The molecule has 0 aliphatic carbocycles. The van der Waals surface area contributed by atoms with E-state index in [-0.39, 0.29) is 0 Å². The Morgan fingerprint density at radius 1 is 1.41 bits per heavy atom. The Bertz CT molecular complexity index is 195. The predicted octanol–water partition coefficient (Wildman–Crippen LogP) is 1.45. The van der Waals surface area contributed by atoms with Crippen molar-refractivity contribution in [2.24, 2.45) is 5.73 Å². The van der Waals surface area contributed by atoms with Crippen molar-refractivity contribution in [2.75, 3.05) is 26.9 Å². The molecule has 1 fully saturated rings. The molecule has 0 saturated carbocycles. The lowest BCUT2D eigenvalue weighted by Gasteiger charge is -2.27. The number of nitrogens with two attached hydrogens (primary N) is 1. The first-order valence-corrected chi connectivity index (χ1v) is 6.73. The molecule has 0 aromatic carbocycles. The molecule has 1 rings (SSSR count). The van der Waals surface area contributed by atoms with E-state index in [2.05, 4.69) is 0 Å². The van der Waals surface area contributed by atoms with E-state index in [1.807, 2.05) is 0 Å². The van der Waals surface area contributed by atoms with Gasteiger partial charge >= 0.3 is 0 Å². The summed E-state index contributed by atoms with van der Waals surface area (Å²) in [7, 11) is 1.63. The molecule has 0 radical (unpaired) electrons. The van der Waals surface area contributed by atoms with Crippen molar-refractivity contribution in [1.82, 2.24) is 0 Å². The molecule has 4 nitrogen and oxygen atoms in total. The van der Waals surface area contributed by atoms with Gasteiger partial charge in [0, 0.05) is 13.7 Å². The van der Waals surface area contributed by atoms with Crippen LogP contribution in [0.2, 0.25) is 0 Å². The summed E-state index contributed by atoms with van der Waals surface area (Å²) in [5, 5.41) is 10.4. The average Bonchev–Trinajstić information content (AvgIpc) is 2.80. The quantitative estimate of drug-likeness (QED) is 0.645. The summed E-state index contributed by atoms with van der Waals surface area (Å²) in [5.74, 6) is 0. The number of ether oxygens (including phenoxy) is 2. The molecule has 2 unspecified atom stereocenters. The van der Waals surface area contributed by atoms with Gasteiger partial charge in [-0.05, 0) is 51.5 Å². The highest BCUT2D eigenvalue weighted by molar-refractivity contribution is 4.79. The highest BCUT2D eigenvalue weighted by Gasteiger charge is 2.26. The molecule has 0 aromatic rings. The second-order valence-corrected chi connectivity index (χ2v) is 5.08. The van der Waals surface area contributed by atoms with Crippen LogP contribution in [0.4, 0.5) is 0 Å². The second-order valence-electron chi connectivity index (χ2n) is 5.08. The van der Waals surface area contributed by atoms with Crippen LogP contribution in [-0.4, -0.2) is 43.7 Å². The maximum Gasteiger partial charge on any atom is 0.0880 e. The Kier molecular flexibility index (Phi) is 7.04. The third kappa shape index (κ3) is 5.82. The molecule has 0 bridgehead atoms. The third-order valence-electron chi connectivity index (χ3n) is 3.45. The van der Waals surface area contributed by atoms with Crippen LogP contribution in [0.15, 0.2) is 0 Å².